The molecule has 188 valence electrons. The molecule has 1 fully saturated rings. The average Bonchev–Trinajstić information content (AvgIpc) is 3.45. The van der Waals surface area contributed by atoms with E-state index in [1.54, 1.807) is 35.1 Å². The van der Waals surface area contributed by atoms with Crippen molar-refractivity contribution in [2.45, 2.75) is 24.1 Å². The topological polar surface area (TPSA) is 76.5 Å². The lowest BCUT2D eigenvalue weighted by molar-refractivity contribution is -0.123. The summed E-state index contributed by atoms with van der Waals surface area (Å²) < 4.78 is 7.17. The number of aromatic nitrogens is 2. The smallest absolute Gasteiger partial charge is 0.240 e. The van der Waals surface area contributed by atoms with Crippen LogP contribution in [-0.2, 0) is 9.59 Å². The summed E-state index contributed by atoms with van der Waals surface area (Å²) >= 11 is 3.22. The first kappa shape index (κ1) is 23.8. The van der Waals surface area contributed by atoms with Gasteiger partial charge in [0.15, 0.2) is 0 Å². The fourth-order valence-corrected chi connectivity index (χ4v) is 6.52. The highest BCUT2D eigenvalue weighted by Crippen LogP contribution is 2.48. The molecule has 3 heterocycles. The van der Waals surface area contributed by atoms with E-state index in [-0.39, 0.29) is 35.4 Å². The van der Waals surface area contributed by atoms with E-state index < -0.39 is 0 Å². The van der Waals surface area contributed by atoms with E-state index in [9.17, 15) is 9.59 Å². The van der Waals surface area contributed by atoms with Gasteiger partial charge in [-0.15, -0.1) is 11.8 Å². The number of hydrogen-bond acceptors (Lipinski definition) is 6. The van der Waals surface area contributed by atoms with E-state index in [1.165, 1.54) is 0 Å². The lowest BCUT2D eigenvalue weighted by Gasteiger charge is -2.23. The van der Waals surface area contributed by atoms with Crippen molar-refractivity contribution >= 4 is 40.7 Å². The Hall–Kier alpha value is -3.56. The zero-order valence-electron chi connectivity index (χ0n) is 20.3. The van der Waals surface area contributed by atoms with Crippen molar-refractivity contribution in [3.05, 3.63) is 82.6 Å². The third-order valence-electron chi connectivity index (χ3n) is 6.54. The predicted molar refractivity (Wildman–Crippen MR) is 148 cm³/mol. The minimum atomic E-state index is -0.149. The Kier molecular flexibility index (Phi) is 6.48. The van der Waals surface area contributed by atoms with Crippen LogP contribution in [0.2, 0.25) is 0 Å². The fourth-order valence-electron chi connectivity index (χ4n) is 4.56. The van der Waals surface area contributed by atoms with E-state index in [0.717, 1.165) is 46.7 Å². The maximum Gasteiger partial charge on any atom is 0.240 e. The van der Waals surface area contributed by atoms with Gasteiger partial charge in [0, 0.05) is 17.2 Å². The number of carbonyl (C=O) groups excluding carboxylic acids is 2. The van der Waals surface area contributed by atoms with Gasteiger partial charge in [0.2, 0.25) is 11.8 Å². The van der Waals surface area contributed by atoms with Gasteiger partial charge in [-0.25, -0.2) is 4.68 Å². The largest absolute Gasteiger partial charge is 0.497 e. The summed E-state index contributed by atoms with van der Waals surface area (Å²) in [5.41, 5.74) is 4.62. The van der Waals surface area contributed by atoms with E-state index >= 15 is 0 Å². The number of methoxy groups -OCH3 is 1. The molecule has 1 aliphatic heterocycles. The van der Waals surface area contributed by atoms with Gasteiger partial charge >= 0.3 is 0 Å². The van der Waals surface area contributed by atoms with Gasteiger partial charge in [-0.05, 0) is 59.5 Å². The number of benzene rings is 2. The second-order valence-electron chi connectivity index (χ2n) is 9.13. The molecule has 0 unspecified atom stereocenters. The van der Waals surface area contributed by atoms with Crippen LogP contribution in [0.1, 0.15) is 29.2 Å². The SMILES string of the molecule is COc1ccc(-n2nc(-c3ccccc3)c3c2N(CC(=O)NC2CC2)C(=O)CS[C@H]3c2ccsc2)cc1. The number of anilines is 1. The zero-order valence-corrected chi connectivity index (χ0v) is 21.9. The molecule has 9 heteroatoms. The quantitative estimate of drug-likeness (QED) is 0.362. The van der Waals surface area contributed by atoms with Crippen molar-refractivity contribution in [2.24, 2.45) is 0 Å². The van der Waals surface area contributed by atoms with Crippen molar-refractivity contribution in [2.75, 3.05) is 24.3 Å². The van der Waals surface area contributed by atoms with Gasteiger partial charge in [-0.3, -0.25) is 14.5 Å². The molecule has 1 saturated carbocycles. The van der Waals surface area contributed by atoms with Crippen LogP contribution in [0, 0.1) is 0 Å². The number of fused-ring (bicyclic) bond motifs is 1. The van der Waals surface area contributed by atoms with Crippen LogP contribution in [-0.4, -0.2) is 47.0 Å². The van der Waals surface area contributed by atoms with Crippen LogP contribution >= 0.6 is 23.1 Å². The molecular weight excluding hydrogens is 504 g/mol. The number of amides is 2. The Morgan fingerprint density at radius 1 is 1.11 bits per heavy atom. The second-order valence-corrected chi connectivity index (χ2v) is 11.0. The predicted octanol–water partition coefficient (Wildman–Crippen LogP) is 5.06. The lowest BCUT2D eigenvalue weighted by atomic mass is 10.0. The highest BCUT2D eigenvalue weighted by molar-refractivity contribution is 8.00. The number of nitrogens with one attached hydrogen (secondary N) is 1. The van der Waals surface area contributed by atoms with Gasteiger partial charge in [0.1, 0.15) is 18.1 Å². The minimum Gasteiger partial charge on any atom is -0.497 e. The van der Waals surface area contributed by atoms with Gasteiger partial charge < -0.3 is 10.1 Å². The van der Waals surface area contributed by atoms with E-state index in [1.807, 2.05) is 59.3 Å². The summed E-state index contributed by atoms with van der Waals surface area (Å²) in [6.07, 6.45) is 1.98. The molecule has 2 aromatic heterocycles. The maximum absolute atomic E-state index is 13.6. The van der Waals surface area contributed by atoms with Crippen LogP contribution in [0.3, 0.4) is 0 Å². The van der Waals surface area contributed by atoms with Gasteiger partial charge in [0.05, 0.1) is 29.5 Å². The molecular formula is C28H26N4O3S2. The number of thioether (sulfide) groups is 1. The summed E-state index contributed by atoms with van der Waals surface area (Å²) in [7, 11) is 1.63. The van der Waals surface area contributed by atoms with Crippen LogP contribution in [0.25, 0.3) is 16.9 Å². The molecule has 1 N–H and O–H groups in total. The van der Waals surface area contributed by atoms with E-state index in [4.69, 9.17) is 9.84 Å². The molecule has 1 atom stereocenters. The summed E-state index contributed by atoms with van der Waals surface area (Å²) in [5.74, 6) is 1.38. The van der Waals surface area contributed by atoms with Gasteiger partial charge in [-0.1, -0.05) is 30.3 Å². The van der Waals surface area contributed by atoms with Crippen molar-refractivity contribution < 1.29 is 14.3 Å². The fraction of sp³-hybridized carbons (Fsp3) is 0.250. The van der Waals surface area contributed by atoms with Crippen molar-refractivity contribution in [3.8, 4) is 22.7 Å². The Bertz CT molecular complexity index is 1410. The molecule has 2 aromatic carbocycles. The van der Waals surface area contributed by atoms with Crippen LogP contribution in [0.5, 0.6) is 5.75 Å². The van der Waals surface area contributed by atoms with Crippen LogP contribution in [0.4, 0.5) is 5.82 Å². The summed E-state index contributed by atoms with van der Waals surface area (Å²) in [5, 5.41) is 12.2. The minimum absolute atomic E-state index is 0.0463. The standard InChI is InChI=1S/C28H26N4O3S2/c1-35-22-11-9-21(10-12-22)32-28-25(26(30-32)18-5-3-2-4-6-18)27(19-13-14-36-16-19)37-17-24(34)31(28)15-23(33)29-20-7-8-20/h2-6,9-14,16,20,27H,7-8,15,17H2,1H3,(H,29,33)/t27-/m0/s1. The number of ether oxygens (including phenoxy) is 1. The summed E-state index contributed by atoms with van der Waals surface area (Å²) in [4.78, 5) is 28.2. The molecule has 1 aliphatic carbocycles. The van der Waals surface area contributed by atoms with Gasteiger partial charge in [0.25, 0.3) is 0 Å². The van der Waals surface area contributed by atoms with Crippen molar-refractivity contribution in [1.82, 2.24) is 15.1 Å². The van der Waals surface area contributed by atoms with Gasteiger partial charge in [-0.2, -0.15) is 16.4 Å². The Morgan fingerprint density at radius 2 is 1.89 bits per heavy atom. The second kappa shape index (κ2) is 10.1. The van der Waals surface area contributed by atoms with Crippen LogP contribution < -0.4 is 15.0 Å². The molecule has 2 amide bonds. The molecule has 7 nitrogen and oxygen atoms in total. The number of thiophene rings is 1. The van der Waals surface area contributed by atoms with E-state index in [0.29, 0.717) is 5.82 Å². The molecule has 4 aromatic rings. The normalized spacial score (nSPS) is 17.3. The monoisotopic (exact) mass is 530 g/mol. The number of nitrogens with zero attached hydrogens (tertiary/aromatic N) is 3. The molecule has 6 rings (SSSR count). The Morgan fingerprint density at radius 3 is 2.57 bits per heavy atom. The molecule has 0 bridgehead atoms. The average molecular weight is 531 g/mol. The molecule has 0 saturated heterocycles. The highest BCUT2D eigenvalue weighted by atomic mass is 32.2. The lowest BCUT2D eigenvalue weighted by Crippen LogP contribution is -2.43. The van der Waals surface area contributed by atoms with E-state index in [2.05, 4.69) is 22.1 Å². The first-order chi connectivity index (χ1) is 18.1. The molecule has 37 heavy (non-hydrogen) atoms. The zero-order chi connectivity index (χ0) is 25.4. The third kappa shape index (κ3) is 4.76. The van der Waals surface area contributed by atoms with Crippen molar-refractivity contribution in [3.63, 3.8) is 0 Å². The maximum atomic E-state index is 13.6. The Labute approximate surface area is 223 Å². The highest BCUT2D eigenvalue weighted by Gasteiger charge is 2.38. The first-order valence-electron chi connectivity index (χ1n) is 12.2. The summed E-state index contributed by atoms with van der Waals surface area (Å²) in [6, 6.07) is 19.9. The third-order valence-corrected chi connectivity index (χ3v) is 8.50. The van der Waals surface area contributed by atoms with Crippen molar-refractivity contribution in [1.29, 1.82) is 0 Å². The van der Waals surface area contributed by atoms with Crippen LogP contribution in [0.15, 0.2) is 71.4 Å². The number of carbonyl (C=O) groups is 2. The number of rotatable bonds is 7. The first-order valence-corrected chi connectivity index (χ1v) is 14.2. The number of hydrogen-bond donors (Lipinski definition) is 1. The summed E-state index contributed by atoms with van der Waals surface area (Å²) in [6.45, 7) is -0.0463. The molecule has 2 aliphatic rings. The Balaban J connectivity index is 1.58. The molecule has 0 radical (unpaired) electrons. The molecule has 0 spiro atoms.